The molecule has 140 valence electrons. The molecule has 28 heavy (non-hydrogen) atoms. The number of rotatable bonds is 6. The van der Waals surface area contributed by atoms with Crippen molar-refractivity contribution >= 4 is 16.9 Å². The summed E-state index contributed by atoms with van der Waals surface area (Å²) < 4.78 is 13.0. The Bertz CT molecular complexity index is 1100. The molecule has 0 saturated heterocycles. The van der Waals surface area contributed by atoms with E-state index in [-0.39, 0.29) is 5.97 Å². The number of fused-ring (bicyclic) bond motifs is 1. The molecule has 0 aliphatic carbocycles. The minimum Gasteiger partial charge on any atom is -0.488 e. The number of benzene rings is 3. The van der Waals surface area contributed by atoms with Crippen LogP contribution in [0.5, 0.6) is 5.75 Å². The Labute approximate surface area is 163 Å². The second-order valence-electron chi connectivity index (χ2n) is 6.60. The normalized spacial score (nSPS) is 10.8. The van der Waals surface area contributed by atoms with Crippen LogP contribution in [0.25, 0.3) is 10.9 Å². The van der Waals surface area contributed by atoms with Crippen LogP contribution < -0.4 is 4.74 Å². The van der Waals surface area contributed by atoms with Crippen molar-refractivity contribution in [1.29, 1.82) is 0 Å². The van der Waals surface area contributed by atoms with E-state index in [4.69, 9.17) is 9.47 Å². The van der Waals surface area contributed by atoms with Gasteiger partial charge in [-0.1, -0.05) is 48.5 Å². The van der Waals surface area contributed by atoms with Crippen LogP contribution in [0.15, 0.2) is 85.1 Å². The molecule has 0 saturated carbocycles. The van der Waals surface area contributed by atoms with Gasteiger partial charge in [-0.15, -0.1) is 0 Å². The smallest absolute Gasteiger partial charge is 0.337 e. The highest BCUT2D eigenvalue weighted by atomic mass is 16.5. The zero-order valence-corrected chi connectivity index (χ0v) is 15.7. The van der Waals surface area contributed by atoms with Crippen LogP contribution in [-0.4, -0.2) is 17.6 Å². The highest BCUT2D eigenvalue weighted by molar-refractivity contribution is 5.89. The molecule has 0 radical (unpaired) electrons. The predicted molar refractivity (Wildman–Crippen MR) is 110 cm³/mol. The summed E-state index contributed by atoms with van der Waals surface area (Å²) in [5.41, 5.74) is 3.83. The molecule has 0 bridgehead atoms. The standard InChI is InChI=1S/C24H21NO3/c1-27-24(26)20-10-5-9-19(15-20)16-25-14-13-21-22(25)11-6-12-23(21)28-17-18-7-3-2-4-8-18/h2-15H,16-17H2,1H3. The summed E-state index contributed by atoms with van der Waals surface area (Å²) in [5, 5.41) is 1.07. The van der Waals surface area contributed by atoms with Crippen molar-refractivity contribution in [2.24, 2.45) is 0 Å². The second-order valence-corrected chi connectivity index (χ2v) is 6.60. The lowest BCUT2D eigenvalue weighted by atomic mass is 10.1. The van der Waals surface area contributed by atoms with E-state index < -0.39 is 0 Å². The third-order valence-corrected chi connectivity index (χ3v) is 4.71. The Morgan fingerprint density at radius 3 is 2.50 bits per heavy atom. The minimum atomic E-state index is -0.323. The Kier molecular flexibility index (Phi) is 5.11. The van der Waals surface area contributed by atoms with Crippen molar-refractivity contribution < 1.29 is 14.3 Å². The van der Waals surface area contributed by atoms with Gasteiger partial charge in [-0.05, 0) is 41.5 Å². The van der Waals surface area contributed by atoms with Gasteiger partial charge in [0.25, 0.3) is 0 Å². The summed E-state index contributed by atoms with van der Waals surface area (Å²) in [6.07, 6.45) is 2.05. The number of ether oxygens (including phenoxy) is 2. The maximum Gasteiger partial charge on any atom is 0.337 e. The molecular formula is C24H21NO3. The van der Waals surface area contributed by atoms with Crippen molar-refractivity contribution in [3.8, 4) is 5.75 Å². The van der Waals surface area contributed by atoms with Gasteiger partial charge in [-0.3, -0.25) is 0 Å². The molecule has 3 aromatic carbocycles. The molecule has 4 rings (SSSR count). The quantitative estimate of drug-likeness (QED) is 0.445. The summed E-state index contributed by atoms with van der Waals surface area (Å²) in [4.78, 5) is 11.8. The van der Waals surface area contributed by atoms with E-state index in [0.29, 0.717) is 18.7 Å². The Morgan fingerprint density at radius 2 is 1.68 bits per heavy atom. The highest BCUT2D eigenvalue weighted by Crippen LogP contribution is 2.28. The molecule has 4 nitrogen and oxygen atoms in total. The zero-order chi connectivity index (χ0) is 19.3. The van der Waals surface area contributed by atoms with Gasteiger partial charge in [0.1, 0.15) is 12.4 Å². The molecule has 0 aliphatic heterocycles. The molecule has 0 N–H and O–H groups in total. The van der Waals surface area contributed by atoms with Crippen molar-refractivity contribution in [1.82, 2.24) is 4.57 Å². The lowest BCUT2D eigenvalue weighted by molar-refractivity contribution is 0.0600. The number of hydrogen-bond acceptors (Lipinski definition) is 3. The molecule has 0 atom stereocenters. The molecule has 0 aliphatic rings. The largest absolute Gasteiger partial charge is 0.488 e. The summed E-state index contributed by atoms with van der Waals surface area (Å²) in [6.45, 7) is 1.20. The number of methoxy groups -OCH3 is 1. The molecular weight excluding hydrogens is 350 g/mol. The Morgan fingerprint density at radius 1 is 0.893 bits per heavy atom. The van der Waals surface area contributed by atoms with Gasteiger partial charge >= 0.3 is 5.97 Å². The lowest BCUT2D eigenvalue weighted by Gasteiger charge is -2.10. The molecule has 0 spiro atoms. The number of aromatic nitrogens is 1. The minimum absolute atomic E-state index is 0.323. The molecule has 1 aromatic heterocycles. The summed E-state index contributed by atoms with van der Waals surface area (Å²) in [5.74, 6) is 0.541. The van der Waals surface area contributed by atoms with Gasteiger partial charge in [-0.2, -0.15) is 0 Å². The molecule has 0 fully saturated rings. The Balaban J connectivity index is 1.57. The molecule has 0 amide bonds. The van der Waals surface area contributed by atoms with Crippen molar-refractivity contribution in [2.75, 3.05) is 7.11 Å². The van der Waals surface area contributed by atoms with Crippen molar-refractivity contribution in [3.63, 3.8) is 0 Å². The van der Waals surface area contributed by atoms with Crippen LogP contribution in [0.2, 0.25) is 0 Å². The fourth-order valence-electron chi connectivity index (χ4n) is 3.31. The lowest BCUT2D eigenvalue weighted by Crippen LogP contribution is -2.03. The van der Waals surface area contributed by atoms with E-state index in [1.807, 2.05) is 54.7 Å². The van der Waals surface area contributed by atoms with Gasteiger partial charge in [0, 0.05) is 18.1 Å². The van der Waals surface area contributed by atoms with Gasteiger partial charge in [0.05, 0.1) is 18.2 Å². The van der Waals surface area contributed by atoms with Crippen molar-refractivity contribution in [3.05, 3.63) is 102 Å². The fraction of sp³-hybridized carbons (Fsp3) is 0.125. The van der Waals surface area contributed by atoms with Crippen LogP contribution in [0, 0.1) is 0 Å². The average molecular weight is 371 g/mol. The van der Waals surface area contributed by atoms with Crippen LogP contribution >= 0.6 is 0 Å². The summed E-state index contributed by atoms with van der Waals surface area (Å²) in [7, 11) is 1.39. The van der Waals surface area contributed by atoms with Gasteiger partial charge < -0.3 is 14.0 Å². The molecule has 4 aromatic rings. The van der Waals surface area contributed by atoms with Gasteiger partial charge in [0.15, 0.2) is 0 Å². The second kappa shape index (κ2) is 8.01. The van der Waals surface area contributed by atoms with Gasteiger partial charge in [-0.25, -0.2) is 4.79 Å². The van der Waals surface area contributed by atoms with Crippen LogP contribution in [-0.2, 0) is 17.9 Å². The molecule has 1 heterocycles. The monoisotopic (exact) mass is 371 g/mol. The number of esters is 1. The first kappa shape index (κ1) is 17.9. The number of carbonyl (C=O) groups is 1. The maximum atomic E-state index is 11.8. The van der Waals surface area contributed by atoms with Crippen LogP contribution in [0.4, 0.5) is 0 Å². The fourth-order valence-corrected chi connectivity index (χ4v) is 3.31. The van der Waals surface area contributed by atoms with E-state index in [9.17, 15) is 4.79 Å². The molecule has 4 heteroatoms. The topological polar surface area (TPSA) is 40.5 Å². The highest BCUT2D eigenvalue weighted by Gasteiger charge is 2.09. The number of carbonyl (C=O) groups excluding carboxylic acids is 1. The number of nitrogens with zero attached hydrogens (tertiary/aromatic N) is 1. The predicted octanol–water partition coefficient (Wildman–Crippen LogP) is 5.06. The number of hydrogen-bond donors (Lipinski definition) is 0. The SMILES string of the molecule is COC(=O)c1cccc(Cn2ccc3c(OCc4ccccc4)cccc32)c1. The van der Waals surface area contributed by atoms with E-state index in [1.54, 1.807) is 6.07 Å². The first-order chi connectivity index (χ1) is 13.7. The van der Waals surface area contributed by atoms with Crippen molar-refractivity contribution in [2.45, 2.75) is 13.2 Å². The van der Waals surface area contributed by atoms with Gasteiger partial charge in [0.2, 0.25) is 0 Å². The molecule has 0 unspecified atom stereocenters. The maximum absolute atomic E-state index is 11.8. The first-order valence-corrected chi connectivity index (χ1v) is 9.16. The van der Waals surface area contributed by atoms with E-state index in [2.05, 4.69) is 28.8 Å². The zero-order valence-electron chi connectivity index (χ0n) is 15.7. The Hall–Kier alpha value is -3.53. The van der Waals surface area contributed by atoms with Crippen LogP contribution in [0.1, 0.15) is 21.5 Å². The third kappa shape index (κ3) is 3.76. The summed E-state index contributed by atoms with van der Waals surface area (Å²) >= 11 is 0. The summed E-state index contributed by atoms with van der Waals surface area (Å²) in [6, 6.07) is 25.8. The van der Waals surface area contributed by atoms with E-state index in [1.165, 1.54) is 7.11 Å². The van der Waals surface area contributed by atoms with E-state index >= 15 is 0 Å². The van der Waals surface area contributed by atoms with E-state index in [0.717, 1.165) is 27.8 Å². The third-order valence-electron chi connectivity index (χ3n) is 4.71. The average Bonchev–Trinajstić information content (AvgIpc) is 3.16. The first-order valence-electron chi connectivity index (χ1n) is 9.16. The van der Waals surface area contributed by atoms with Crippen LogP contribution in [0.3, 0.4) is 0 Å².